The molecule has 0 aliphatic rings. The minimum atomic E-state index is -0.262. The van der Waals surface area contributed by atoms with Crippen molar-refractivity contribution >= 4 is 5.91 Å². The molecule has 0 aliphatic carbocycles. The first-order valence-corrected chi connectivity index (χ1v) is 5.89. The van der Waals surface area contributed by atoms with Crippen molar-refractivity contribution in [3.05, 3.63) is 42.1 Å². The van der Waals surface area contributed by atoms with Crippen molar-refractivity contribution < 1.29 is 4.79 Å². The number of nitrogens with one attached hydrogen (secondary N) is 2. The molecule has 1 amide bonds. The molecular formula is C14H17N3O. The third-order valence-corrected chi connectivity index (χ3v) is 2.43. The standard InChI is InChI=1S/C14H17N3O/c1-14(2,3)16-13(18)11-9-15-17-12(11)10-7-5-4-6-8-10/h4-9H,1-3H3,(H,15,17)(H,16,18). The fourth-order valence-corrected chi connectivity index (χ4v) is 1.69. The van der Waals surface area contributed by atoms with Crippen LogP contribution in [0, 0.1) is 0 Å². The van der Waals surface area contributed by atoms with E-state index in [9.17, 15) is 4.79 Å². The van der Waals surface area contributed by atoms with E-state index in [1.807, 2.05) is 51.1 Å². The van der Waals surface area contributed by atoms with Gasteiger partial charge in [0.05, 0.1) is 17.5 Å². The maximum atomic E-state index is 12.1. The Kier molecular flexibility index (Phi) is 3.19. The summed E-state index contributed by atoms with van der Waals surface area (Å²) in [6.07, 6.45) is 1.56. The highest BCUT2D eigenvalue weighted by Gasteiger charge is 2.19. The summed E-state index contributed by atoms with van der Waals surface area (Å²) < 4.78 is 0. The summed E-state index contributed by atoms with van der Waals surface area (Å²) in [5.41, 5.74) is 2.00. The molecule has 0 bridgehead atoms. The molecule has 0 saturated carbocycles. The molecule has 0 radical (unpaired) electrons. The van der Waals surface area contributed by atoms with Crippen LogP contribution < -0.4 is 5.32 Å². The molecule has 4 heteroatoms. The number of carbonyl (C=O) groups excluding carboxylic acids is 1. The van der Waals surface area contributed by atoms with Crippen LogP contribution in [-0.4, -0.2) is 21.6 Å². The molecule has 0 saturated heterocycles. The maximum Gasteiger partial charge on any atom is 0.255 e. The maximum absolute atomic E-state index is 12.1. The van der Waals surface area contributed by atoms with Crippen LogP contribution in [0.1, 0.15) is 31.1 Å². The van der Waals surface area contributed by atoms with Crippen molar-refractivity contribution in [1.82, 2.24) is 15.5 Å². The van der Waals surface area contributed by atoms with Gasteiger partial charge in [-0.2, -0.15) is 5.10 Å². The average Bonchev–Trinajstić information content (AvgIpc) is 2.76. The Hall–Kier alpha value is -2.10. The van der Waals surface area contributed by atoms with E-state index in [-0.39, 0.29) is 11.4 Å². The Labute approximate surface area is 106 Å². The lowest BCUT2D eigenvalue weighted by molar-refractivity contribution is 0.0920. The van der Waals surface area contributed by atoms with Gasteiger partial charge in [0.1, 0.15) is 0 Å². The molecule has 4 nitrogen and oxygen atoms in total. The van der Waals surface area contributed by atoms with Crippen molar-refractivity contribution in [2.24, 2.45) is 0 Å². The first-order valence-electron chi connectivity index (χ1n) is 5.89. The summed E-state index contributed by atoms with van der Waals surface area (Å²) in [6.45, 7) is 5.85. The summed E-state index contributed by atoms with van der Waals surface area (Å²) in [5.74, 6) is -0.116. The number of carbonyl (C=O) groups is 1. The lowest BCUT2D eigenvalue weighted by atomic mass is 10.1. The van der Waals surface area contributed by atoms with Crippen LogP contribution in [0.3, 0.4) is 0 Å². The van der Waals surface area contributed by atoms with Gasteiger partial charge in [-0.1, -0.05) is 30.3 Å². The molecule has 0 aliphatic heterocycles. The quantitative estimate of drug-likeness (QED) is 0.851. The van der Waals surface area contributed by atoms with Gasteiger partial charge < -0.3 is 5.32 Å². The van der Waals surface area contributed by atoms with Gasteiger partial charge in [0.2, 0.25) is 0 Å². The molecule has 2 aromatic rings. The number of aromatic amines is 1. The Balaban J connectivity index is 2.32. The second kappa shape index (κ2) is 4.64. The van der Waals surface area contributed by atoms with Crippen LogP contribution in [0.4, 0.5) is 0 Å². The zero-order valence-corrected chi connectivity index (χ0v) is 10.8. The highest BCUT2D eigenvalue weighted by molar-refractivity contribution is 6.00. The second-order valence-corrected chi connectivity index (χ2v) is 5.23. The lowest BCUT2D eigenvalue weighted by Gasteiger charge is -2.20. The van der Waals surface area contributed by atoms with Gasteiger partial charge >= 0.3 is 0 Å². The molecule has 0 spiro atoms. The molecule has 1 heterocycles. The van der Waals surface area contributed by atoms with Gasteiger partial charge in [0.25, 0.3) is 5.91 Å². The number of benzene rings is 1. The summed E-state index contributed by atoms with van der Waals surface area (Å²) in [4.78, 5) is 12.1. The summed E-state index contributed by atoms with van der Waals surface area (Å²) in [6, 6.07) is 9.70. The second-order valence-electron chi connectivity index (χ2n) is 5.23. The molecule has 2 rings (SSSR count). The van der Waals surface area contributed by atoms with Crippen LogP contribution in [0.25, 0.3) is 11.3 Å². The molecule has 1 aromatic heterocycles. The van der Waals surface area contributed by atoms with E-state index in [1.54, 1.807) is 6.20 Å². The van der Waals surface area contributed by atoms with E-state index in [0.717, 1.165) is 11.3 Å². The number of H-pyrrole nitrogens is 1. The Morgan fingerprint density at radius 2 is 1.89 bits per heavy atom. The van der Waals surface area contributed by atoms with Crippen LogP contribution in [0.15, 0.2) is 36.5 Å². The molecule has 2 N–H and O–H groups in total. The van der Waals surface area contributed by atoms with Gasteiger partial charge in [-0.15, -0.1) is 0 Å². The lowest BCUT2D eigenvalue weighted by Crippen LogP contribution is -2.40. The molecule has 1 aromatic carbocycles. The van der Waals surface area contributed by atoms with E-state index in [4.69, 9.17) is 0 Å². The Morgan fingerprint density at radius 3 is 2.50 bits per heavy atom. The van der Waals surface area contributed by atoms with Gasteiger partial charge in [-0.25, -0.2) is 0 Å². The number of hydrogen-bond acceptors (Lipinski definition) is 2. The van der Waals surface area contributed by atoms with Gasteiger partial charge in [0, 0.05) is 11.1 Å². The zero-order chi connectivity index (χ0) is 13.2. The first kappa shape index (κ1) is 12.4. The SMILES string of the molecule is CC(C)(C)NC(=O)c1cn[nH]c1-c1ccccc1. The predicted molar refractivity (Wildman–Crippen MR) is 71.2 cm³/mol. The van der Waals surface area contributed by atoms with E-state index in [2.05, 4.69) is 15.5 Å². The van der Waals surface area contributed by atoms with Crippen molar-refractivity contribution in [1.29, 1.82) is 0 Å². The smallest absolute Gasteiger partial charge is 0.255 e. The summed E-state index contributed by atoms with van der Waals surface area (Å²) >= 11 is 0. The number of aromatic nitrogens is 2. The molecule has 18 heavy (non-hydrogen) atoms. The minimum absolute atomic E-state index is 0.116. The Morgan fingerprint density at radius 1 is 1.22 bits per heavy atom. The van der Waals surface area contributed by atoms with Crippen molar-refractivity contribution in [3.8, 4) is 11.3 Å². The van der Waals surface area contributed by atoms with Crippen molar-refractivity contribution in [2.45, 2.75) is 26.3 Å². The van der Waals surface area contributed by atoms with E-state index >= 15 is 0 Å². The number of rotatable bonds is 2. The molecule has 94 valence electrons. The summed E-state index contributed by atoms with van der Waals surface area (Å²) in [7, 11) is 0. The van der Waals surface area contributed by atoms with Gasteiger partial charge in [-0.05, 0) is 20.8 Å². The fraction of sp³-hybridized carbons (Fsp3) is 0.286. The van der Waals surface area contributed by atoms with Crippen LogP contribution in [-0.2, 0) is 0 Å². The monoisotopic (exact) mass is 243 g/mol. The zero-order valence-electron chi connectivity index (χ0n) is 10.8. The normalized spacial score (nSPS) is 11.3. The first-order chi connectivity index (χ1) is 8.47. The third-order valence-electron chi connectivity index (χ3n) is 2.43. The van der Waals surface area contributed by atoms with E-state index in [0.29, 0.717) is 5.56 Å². The van der Waals surface area contributed by atoms with Gasteiger partial charge in [-0.3, -0.25) is 9.89 Å². The largest absolute Gasteiger partial charge is 0.347 e. The fourth-order valence-electron chi connectivity index (χ4n) is 1.69. The van der Waals surface area contributed by atoms with Crippen molar-refractivity contribution in [3.63, 3.8) is 0 Å². The van der Waals surface area contributed by atoms with Gasteiger partial charge in [0.15, 0.2) is 0 Å². The predicted octanol–water partition coefficient (Wildman–Crippen LogP) is 2.61. The van der Waals surface area contributed by atoms with Crippen molar-refractivity contribution in [2.75, 3.05) is 0 Å². The van der Waals surface area contributed by atoms with E-state index < -0.39 is 0 Å². The third kappa shape index (κ3) is 2.77. The number of amides is 1. The molecule has 0 unspecified atom stereocenters. The number of hydrogen-bond donors (Lipinski definition) is 2. The van der Waals surface area contributed by atoms with Crippen LogP contribution in [0.2, 0.25) is 0 Å². The highest BCUT2D eigenvalue weighted by Crippen LogP contribution is 2.20. The molecular weight excluding hydrogens is 226 g/mol. The average molecular weight is 243 g/mol. The van der Waals surface area contributed by atoms with Crippen LogP contribution in [0.5, 0.6) is 0 Å². The molecule has 0 atom stereocenters. The summed E-state index contributed by atoms with van der Waals surface area (Å²) in [5, 5.41) is 9.77. The topological polar surface area (TPSA) is 57.8 Å². The Bertz CT molecular complexity index is 538. The van der Waals surface area contributed by atoms with Crippen LogP contribution >= 0.6 is 0 Å². The number of nitrogens with zero attached hydrogens (tertiary/aromatic N) is 1. The highest BCUT2D eigenvalue weighted by atomic mass is 16.1. The minimum Gasteiger partial charge on any atom is -0.347 e. The molecule has 0 fully saturated rings. The van der Waals surface area contributed by atoms with E-state index in [1.165, 1.54) is 0 Å².